The van der Waals surface area contributed by atoms with E-state index in [-0.39, 0.29) is 0 Å². The van der Waals surface area contributed by atoms with E-state index in [0.29, 0.717) is 12.1 Å². The largest absolute Gasteiger partial charge is 0.378 e. The first kappa shape index (κ1) is 10.0. The molecule has 0 saturated heterocycles. The molecule has 72 valence electrons. The van der Waals surface area contributed by atoms with Gasteiger partial charge in [-0.25, -0.2) is 0 Å². The van der Waals surface area contributed by atoms with Crippen LogP contribution in [0.25, 0.3) is 0 Å². The third-order valence-corrected chi connectivity index (χ3v) is 2.53. The quantitative estimate of drug-likeness (QED) is 0.643. The van der Waals surface area contributed by atoms with Gasteiger partial charge in [0, 0.05) is 12.6 Å². The molecule has 1 rings (SSSR count). The van der Waals surface area contributed by atoms with Gasteiger partial charge in [0.25, 0.3) is 0 Å². The van der Waals surface area contributed by atoms with Crippen LogP contribution in [-0.2, 0) is 4.74 Å². The van der Waals surface area contributed by atoms with Crippen LogP contribution >= 0.6 is 0 Å². The molecule has 0 aromatic heterocycles. The zero-order valence-corrected chi connectivity index (χ0v) is 8.09. The fraction of sp³-hybridized carbons (Fsp3) is 1.00. The van der Waals surface area contributed by atoms with Gasteiger partial charge in [-0.2, -0.15) is 0 Å². The summed E-state index contributed by atoms with van der Waals surface area (Å²) in [5.41, 5.74) is 5.78. The van der Waals surface area contributed by atoms with E-state index in [9.17, 15) is 0 Å². The minimum Gasteiger partial charge on any atom is -0.378 e. The summed E-state index contributed by atoms with van der Waals surface area (Å²) in [6, 6.07) is 0.404. The van der Waals surface area contributed by atoms with Gasteiger partial charge < -0.3 is 10.5 Å². The third-order valence-electron chi connectivity index (χ3n) is 2.53. The molecule has 1 saturated carbocycles. The SMILES string of the molecule is CCCCCO[C@H]1CC[C@@H](N)C1. The first-order valence-electron chi connectivity index (χ1n) is 5.20. The maximum Gasteiger partial charge on any atom is 0.0590 e. The summed E-state index contributed by atoms with van der Waals surface area (Å²) >= 11 is 0. The molecule has 0 radical (unpaired) electrons. The highest BCUT2D eigenvalue weighted by molar-refractivity contribution is 4.77. The molecule has 0 amide bonds. The van der Waals surface area contributed by atoms with Crippen LogP contribution in [0.4, 0.5) is 0 Å². The Kier molecular flexibility index (Phi) is 4.62. The van der Waals surface area contributed by atoms with E-state index in [0.717, 1.165) is 19.4 Å². The second kappa shape index (κ2) is 5.55. The van der Waals surface area contributed by atoms with Crippen molar-refractivity contribution in [2.75, 3.05) is 6.61 Å². The summed E-state index contributed by atoms with van der Waals surface area (Å²) in [7, 11) is 0. The fourth-order valence-corrected chi connectivity index (χ4v) is 1.73. The molecule has 0 aromatic rings. The van der Waals surface area contributed by atoms with Crippen molar-refractivity contribution in [1.82, 2.24) is 0 Å². The molecule has 1 aliphatic carbocycles. The zero-order chi connectivity index (χ0) is 8.81. The Hall–Kier alpha value is -0.0800. The lowest BCUT2D eigenvalue weighted by Gasteiger charge is -2.10. The predicted molar refractivity (Wildman–Crippen MR) is 51.1 cm³/mol. The van der Waals surface area contributed by atoms with Gasteiger partial charge in [-0.15, -0.1) is 0 Å². The Morgan fingerprint density at radius 2 is 2.17 bits per heavy atom. The van der Waals surface area contributed by atoms with E-state index in [2.05, 4.69) is 6.92 Å². The van der Waals surface area contributed by atoms with Crippen LogP contribution in [0.5, 0.6) is 0 Å². The highest BCUT2D eigenvalue weighted by Crippen LogP contribution is 2.20. The number of ether oxygens (including phenoxy) is 1. The molecule has 2 N–H and O–H groups in total. The highest BCUT2D eigenvalue weighted by Gasteiger charge is 2.21. The Morgan fingerprint density at radius 1 is 1.33 bits per heavy atom. The molecule has 1 aliphatic rings. The lowest BCUT2D eigenvalue weighted by molar-refractivity contribution is 0.0550. The Balaban J connectivity index is 1.93. The number of rotatable bonds is 5. The summed E-state index contributed by atoms with van der Waals surface area (Å²) in [6.07, 6.45) is 7.64. The molecule has 1 fully saturated rings. The van der Waals surface area contributed by atoms with Crippen molar-refractivity contribution < 1.29 is 4.74 Å². The number of hydrogen-bond acceptors (Lipinski definition) is 2. The maximum atomic E-state index is 5.78. The first-order valence-corrected chi connectivity index (χ1v) is 5.20. The number of hydrogen-bond donors (Lipinski definition) is 1. The molecule has 0 unspecified atom stereocenters. The summed E-state index contributed by atoms with van der Waals surface area (Å²) in [5, 5.41) is 0. The summed E-state index contributed by atoms with van der Waals surface area (Å²) in [5.74, 6) is 0. The molecule has 0 aromatic carbocycles. The van der Waals surface area contributed by atoms with Crippen molar-refractivity contribution in [3.8, 4) is 0 Å². The predicted octanol–water partition coefficient (Wildman–Crippen LogP) is 2.07. The first-order chi connectivity index (χ1) is 5.83. The van der Waals surface area contributed by atoms with Crippen molar-refractivity contribution in [2.45, 2.75) is 57.6 Å². The molecule has 0 aliphatic heterocycles. The van der Waals surface area contributed by atoms with Gasteiger partial charge in [0.15, 0.2) is 0 Å². The van der Waals surface area contributed by atoms with Crippen molar-refractivity contribution in [3.63, 3.8) is 0 Å². The van der Waals surface area contributed by atoms with Crippen LogP contribution in [0.3, 0.4) is 0 Å². The molecule has 2 atom stereocenters. The molecular formula is C10H21NO. The van der Waals surface area contributed by atoms with Crippen molar-refractivity contribution >= 4 is 0 Å². The minimum atomic E-state index is 0.404. The topological polar surface area (TPSA) is 35.2 Å². The van der Waals surface area contributed by atoms with E-state index in [4.69, 9.17) is 10.5 Å². The van der Waals surface area contributed by atoms with E-state index >= 15 is 0 Å². The normalized spacial score (nSPS) is 29.5. The maximum absolute atomic E-state index is 5.78. The minimum absolute atomic E-state index is 0.404. The van der Waals surface area contributed by atoms with E-state index in [1.165, 1.54) is 25.7 Å². The van der Waals surface area contributed by atoms with Crippen molar-refractivity contribution in [3.05, 3.63) is 0 Å². The standard InChI is InChI=1S/C10H21NO/c1-2-3-4-7-12-10-6-5-9(11)8-10/h9-10H,2-8,11H2,1H3/t9-,10+/m1/s1. The van der Waals surface area contributed by atoms with Crippen LogP contribution in [0.15, 0.2) is 0 Å². The summed E-state index contributed by atoms with van der Waals surface area (Å²) in [4.78, 5) is 0. The van der Waals surface area contributed by atoms with E-state index < -0.39 is 0 Å². The lowest BCUT2D eigenvalue weighted by Crippen LogP contribution is -2.17. The van der Waals surface area contributed by atoms with E-state index in [1.54, 1.807) is 0 Å². The van der Waals surface area contributed by atoms with Crippen LogP contribution in [0, 0.1) is 0 Å². The molecular weight excluding hydrogens is 150 g/mol. The van der Waals surface area contributed by atoms with Crippen LogP contribution in [0.2, 0.25) is 0 Å². The van der Waals surface area contributed by atoms with Gasteiger partial charge in [0.1, 0.15) is 0 Å². The lowest BCUT2D eigenvalue weighted by atomic mass is 10.2. The third kappa shape index (κ3) is 3.55. The van der Waals surface area contributed by atoms with Crippen molar-refractivity contribution in [1.29, 1.82) is 0 Å². The molecule has 0 spiro atoms. The average molecular weight is 171 g/mol. The molecule has 12 heavy (non-hydrogen) atoms. The second-order valence-corrected chi connectivity index (χ2v) is 3.77. The Morgan fingerprint density at radius 3 is 2.75 bits per heavy atom. The Labute approximate surface area is 75.5 Å². The van der Waals surface area contributed by atoms with Crippen LogP contribution < -0.4 is 5.73 Å². The van der Waals surface area contributed by atoms with Gasteiger partial charge in [0.2, 0.25) is 0 Å². The van der Waals surface area contributed by atoms with Crippen LogP contribution in [-0.4, -0.2) is 18.8 Å². The second-order valence-electron chi connectivity index (χ2n) is 3.77. The van der Waals surface area contributed by atoms with Gasteiger partial charge >= 0.3 is 0 Å². The molecule has 0 bridgehead atoms. The smallest absolute Gasteiger partial charge is 0.0590 e. The van der Waals surface area contributed by atoms with Gasteiger partial charge in [-0.1, -0.05) is 19.8 Å². The zero-order valence-electron chi connectivity index (χ0n) is 8.09. The van der Waals surface area contributed by atoms with Crippen LogP contribution in [0.1, 0.15) is 45.4 Å². The van der Waals surface area contributed by atoms with E-state index in [1.807, 2.05) is 0 Å². The van der Waals surface area contributed by atoms with Gasteiger partial charge in [-0.3, -0.25) is 0 Å². The fourth-order valence-electron chi connectivity index (χ4n) is 1.73. The number of nitrogens with two attached hydrogens (primary N) is 1. The number of unbranched alkanes of at least 4 members (excludes halogenated alkanes) is 2. The molecule has 2 heteroatoms. The molecule has 2 nitrogen and oxygen atoms in total. The highest BCUT2D eigenvalue weighted by atomic mass is 16.5. The summed E-state index contributed by atoms with van der Waals surface area (Å²) < 4.78 is 5.70. The van der Waals surface area contributed by atoms with Gasteiger partial charge in [0.05, 0.1) is 6.10 Å². The summed E-state index contributed by atoms with van der Waals surface area (Å²) in [6.45, 7) is 3.15. The Bertz CT molecular complexity index is 116. The average Bonchev–Trinajstić information content (AvgIpc) is 2.45. The van der Waals surface area contributed by atoms with Crippen molar-refractivity contribution in [2.24, 2.45) is 5.73 Å². The van der Waals surface area contributed by atoms with Gasteiger partial charge in [-0.05, 0) is 25.7 Å². The molecule has 0 heterocycles. The monoisotopic (exact) mass is 171 g/mol.